The van der Waals surface area contributed by atoms with Crippen LogP contribution in [0.5, 0.6) is 0 Å². The van der Waals surface area contributed by atoms with Crippen molar-refractivity contribution in [3.05, 3.63) is 0 Å². The minimum absolute atomic E-state index is 0.0204. The fraction of sp³-hybridized carbons (Fsp3) is 0.889. The van der Waals surface area contributed by atoms with E-state index in [0.29, 0.717) is 0 Å². The lowest BCUT2D eigenvalue weighted by Crippen LogP contribution is -2.47. The van der Waals surface area contributed by atoms with Gasteiger partial charge in [0, 0.05) is 18.9 Å². The van der Waals surface area contributed by atoms with Gasteiger partial charge >= 0.3 is 10.2 Å². The minimum Gasteiger partial charge on any atom is -0.394 e. The van der Waals surface area contributed by atoms with Crippen LogP contribution < -0.4 is 0 Å². The molecule has 1 N–H and O–H groups in total. The van der Waals surface area contributed by atoms with Gasteiger partial charge < -0.3 is 10.0 Å². The van der Waals surface area contributed by atoms with Gasteiger partial charge in [0.15, 0.2) is 0 Å². The van der Waals surface area contributed by atoms with E-state index in [1.807, 2.05) is 0 Å². The van der Waals surface area contributed by atoms with E-state index < -0.39 is 27.4 Å². The number of halogens is 1. The third kappa shape index (κ3) is 3.15. The molecule has 1 amide bonds. The van der Waals surface area contributed by atoms with Crippen molar-refractivity contribution in [2.45, 2.75) is 25.8 Å². The van der Waals surface area contributed by atoms with E-state index >= 15 is 0 Å². The van der Waals surface area contributed by atoms with Crippen LogP contribution in [0, 0.1) is 5.92 Å². The zero-order chi connectivity index (χ0) is 12.6. The molecule has 0 aromatic heterocycles. The molecule has 7 heteroatoms. The number of hydrogen-bond donors (Lipinski definition) is 1. The second kappa shape index (κ2) is 4.29. The predicted octanol–water partition coefficient (Wildman–Crippen LogP) is -0.0949. The highest BCUT2D eigenvalue weighted by Crippen LogP contribution is 2.26. The number of aliphatic hydroxyl groups is 1. The second-order valence-corrected chi connectivity index (χ2v) is 6.16. The molecule has 1 unspecified atom stereocenters. The summed E-state index contributed by atoms with van der Waals surface area (Å²) in [6, 6.07) is 0. The van der Waals surface area contributed by atoms with E-state index in [1.165, 1.54) is 4.90 Å². The molecule has 1 fully saturated rings. The molecule has 5 nitrogen and oxygen atoms in total. The number of rotatable bonds is 4. The van der Waals surface area contributed by atoms with Crippen molar-refractivity contribution in [1.29, 1.82) is 0 Å². The average molecular weight is 253 g/mol. The van der Waals surface area contributed by atoms with Gasteiger partial charge in [-0.2, -0.15) is 8.42 Å². The first-order chi connectivity index (χ1) is 7.15. The molecule has 1 aliphatic rings. The van der Waals surface area contributed by atoms with E-state index in [1.54, 1.807) is 13.8 Å². The van der Waals surface area contributed by atoms with Crippen molar-refractivity contribution in [1.82, 2.24) is 4.90 Å². The van der Waals surface area contributed by atoms with Gasteiger partial charge in [0.1, 0.15) is 0 Å². The molecule has 0 aliphatic carbocycles. The smallest absolute Gasteiger partial charge is 0.302 e. The van der Waals surface area contributed by atoms with E-state index in [0.717, 1.165) is 0 Å². The molecule has 0 aromatic rings. The van der Waals surface area contributed by atoms with Crippen LogP contribution in [0.4, 0.5) is 3.89 Å². The highest BCUT2D eigenvalue weighted by molar-refractivity contribution is 7.86. The van der Waals surface area contributed by atoms with Crippen molar-refractivity contribution in [2.24, 2.45) is 5.92 Å². The first kappa shape index (κ1) is 13.4. The Labute approximate surface area is 94.5 Å². The third-order valence-corrected chi connectivity index (χ3v) is 3.63. The van der Waals surface area contributed by atoms with Crippen LogP contribution in [-0.4, -0.2) is 48.8 Å². The maximum Gasteiger partial charge on any atom is 0.302 e. The van der Waals surface area contributed by atoms with Crippen LogP contribution in [0.2, 0.25) is 0 Å². The highest BCUT2D eigenvalue weighted by Gasteiger charge is 2.39. The Morgan fingerprint density at radius 1 is 1.56 bits per heavy atom. The van der Waals surface area contributed by atoms with Crippen LogP contribution in [0.3, 0.4) is 0 Å². The van der Waals surface area contributed by atoms with Crippen LogP contribution >= 0.6 is 0 Å². The Morgan fingerprint density at radius 3 is 2.56 bits per heavy atom. The molecule has 1 heterocycles. The lowest BCUT2D eigenvalue weighted by molar-refractivity contribution is -0.133. The summed E-state index contributed by atoms with van der Waals surface area (Å²) >= 11 is 0. The van der Waals surface area contributed by atoms with E-state index in [9.17, 15) is 17.1 Å². The van der Waals surface area contributed by atoms with Gasteiger partial charge in [-0.05, 0) is 13.8 Å². The van der Waals surface area contributed by atoms with Crippen LogP contribution in [0.15, 0.2) is 0 Å². The molecule has 0 radical (unpaired) electrons. The molecule has 0 saturated carbocycles. The molecule has 0 aromatic carbocycles. The number of amides is 1. The van der Waals surface area contributed by atoms with Crippen LogP contribution in [0.25, 0.3) is 0 Å². The van der Waals surface area contributed by atoms with Crippen LogP contribution in [-0.2, 0) is 15.0 Å². The normalized spacial score (nSPS) is 22.9. The van der Waals surface area contributed by atoms with Gasteiger partial charge in [-0.3, -0.25) is 4.79 Å². The zero-order valence-electron chi connectivity index (χ0n) is 9.31. The van der Waals surface area contributed by atoms with Gasteiger partial charge in [0.05, 0.1) is 17.9 Å². The van der Waals surface area contributed by atoms with Gasteiger partial charge in [-0.1, -0.05) is 0 Å². The molecule has 0 bridgehead atoms. The average Bonchev–Trinajstić information content (AvgIpc) is 2.44. The number of carbonyl (C=O) groups excluding carboxylic acids is 1. The van der Waals surface area contributed by atoms with Gasteiger partial charge in [0.2, 0.25) is 5.91 Å². The summed E-state index contributed by atoms with van der Waals surface area (Å²) in [5, 5.41) is 9.10. The van der Waals surface area contributed by atoms with E-state index in [2.05, 4.69) is 0 Å². The predicted molar refractivity (Wildman–Crippen MR) is 55.9 cm³/mol. The van der Waals surface area contributed by atoms with Gasteiger partial charge in [-0.15, -0.1) is 3.89 Å². The maximum absolute atomic E-state index is 12.5. The standard InChI is InChI=1S/C9H16FNO4S/c1-9(2,6-12)11-4-7(3-8(11)13)5-16(10,14)15/h7,12H,3-6H2,1-2H3. The minimum atomic E-state index is -4.55. The molecule has 94 valence electrons. The fourth-order valence-electron chi connectivity index (χ4n) is 1.84. The Morgan fingerprint density at radius 2 is 2.12 bits per heavy atom. The van der Waals surface area contributed by atoms with Crippen LogP contribution in [0.1, 0.15) is 20.3 Å². The first-order valence-electron chi connectivity index (χ1n) is 4.99. The summed E-state index contributed by atoms with van der Waals surface area (Å²) in [4.78, 5) is 13.0. The largest absolute Gasteiger partial charge is 0.394 e. The lowest BCUT2D eigenvalue weighted by Gasteiger charge is -2.34. The van der Waals surface area contributed by atoms with E-state index in [4.69, 9.17) is 5.11 Å². The van der Waals surface area contributed by atoms with Gasteiger partial charge in [0.25, 0.3) is 0 Å². The third-order valence-electron chi connectivity index (χ3n) is 2.76. The SMILES string of the molecule is CC(C)(CO)N1CC(CS(=O)(=O)F)CC1=O. The van der Waals surface area contributed by atoms with Crippen molar-refractivity contribution >= 4 is 16.1 Å². The van der Waals surface area contributed by atoms with Gasteiger partial charge in [-0.25, -0.2) is 0 Å². The van der Waals surface area contributed by atoms with E-state index in [-0.39, 0.29) is 25.5 Å². The number of nitrogens with zero attached hydrogens (tertiary/aromatic N) is 1. The molecule has 1 rings (SSSR count). The summed E-state index contributed by atoms with van der Waals surface area (Å²) in [6.45, 7) is 3.32. The topological polar surface area (TPSA) is 74.7 Å². The summed E-state index contributed by atoms with van der Waals surface area (Å²) < 4.78 is 33.4. The fourth-order valence-corrected chi connectivity index (χ4v) is 2.63. The molecule has 1 atom stereocenters. The quantitative estimate of drug-likeness (QED) is 0.710. The summed E-state index contributed by atoms with van der Waals surface area (Å²) in [7, 11) is -4.55. The maximum atomic E-state index is 12.5. The summed E-state index contributed by atoms with van der Waals surface area (Å²) in [5.41, 5.74) is -0.730. The molecule has 16 heavy (non-hydrogen) atoms. The Kier molecular flexibility index (Phi) is 3.59. The van der Waals surface area contributed by atoms with Crippen molar-refractivity contribution in [3.8, 4) is 0 Å². The van der Waals surface area contributed by atoms with Crippen molar-refractivity contribution in [2.75, 3.05) is 18.9 Å². The highest BCUT2D eigenvalue weighted by atomic mass is 32.3. The number of likely N-dealkylation sites (tertiary alicyclic amines) is 1. The summed E-state index contributed by atoms with van der Waals surface area (Å²) in [5.74, 6) is -1.39. The second-order valence-electron chi connectivity index (χ2n) is 4.75. The summed E-state index contributed by atoms with van der Waals surface area (Å²) in [6.07, 6.45) is 0.0204. The number of hydrogen-bond acceptors (Lipinski definition) is 4. The Balaban J connectivity index is 2.72. The number of carbonyl (C=O) groups is 1. The zero-order valence-corrected chi connectivity index (χ0v) is 10.1. The molecular weight excluding hydrogens is 237 g/mol. The molecule has 0 spiro atoms. The monoisotopic (exact) mass is 253 g/mol. The van der Waals surface area contributed by atoms with Crippen molar-refractivity contribution in [3.63, 3.8) is 0 Å². The number of aliphatic hydroxyl groups excluding tert-OH is 1. The lowest BCUT2D eigenvalue weighted by atomic mass is 10.1. The first-order valence-corrected chi connectivity index (χ1v) is 6.54. The Hall–Kier alpha value is -0.690. The Bertz CT molecular complexity index is 379. The van der Waals surface area contributed by atoms with Crippen molar-refractivity contribution < 1.29 is 22.2 Å². The molecular formula is C9H16FNO4S. The molecule has 1 aliphatic heterocycles. The molecule has 1 saturated heterocycles.